The Balaban J connectivity index is 1.53. The van der Waals surface area contributed by atoms with Gasteiger partial charge in [-0.3, -0.25) is 4.79 Å². The Hall–Kier alpha value is -3.54. The molecule has 0 N–H and O–H groups in total. The fourth-order valence-corrected chi connectivity index (χ4v) is 2.31. The lowest BCUT2D eigenvalue weighted by Gasteiger charge is -2.06. The average molecular weight is 362 g/mol. The number of carbonyl (C=O) groups is 2. The van der Waals surface area contributed by atoms with Crippen molar-refractivity contribution in [3.8, 4) is 0 Å². The molecule has 0 aliphatic heterocycles. The minimum Gasteiger partial charge on any atom is -0.460 e. The fourth-order valence-electron chi connectivity index (χ4n) is 2.31. The first-order valence-corrected chi connectivity index (χ1v) is 8.43. The van der Waals surface area contributed by atoms with Gasteiger partial charge in [0.2, 0.25) is 0 Å². The molecule has 3 rings (SSSR count). The van der Waals surface area contributed by atoms with Gasteiger partial charge in [0.1, 0.15) is 25.5 Å². The molecule has 3 aromatic rings. The molecule has 0 radical (unpaired) electrons. The van der Waals surface area contributed by atoms with Crippen molar-refractivity contribution in [3.05, 3.63) is 95.6 Å². The summed E-state index contributed by atoms with van der Waals surface area (Å²) < 4.78 is 10.4. The highest BCUT2D eigenvalue weighted by molar-refractivity contribution is 5.87. The van der Waals surface area contributed by atoms with Crippen molar-refractivity contribution in [1.82, 2.24) is 9.97 Å². The average Bonchev–Trinajstić information content (AvgIpc) is 2.72. The Morgan fingerprint density at radius 3 is 2.00 bits per heavy atom. The summed E-state index contributed by atoms with van der Waals surface area (Å²) >= 11 is 0. The molecule has 27 heavy (non-hydrogen) atoms. The molecule has 1 aromatic heterocycles. The Morgan fingerprint density at radius 1 is 0.778 bits per heavy atom. The molecule has 0 atom stereocenters. The third-order valence-electron chi connectivity index (χ3n) is 3.67. The fraction of sp³-hybridized carbons (Fsp3) is 0.143. The number of carbonyl (C=O) groups excluding carboxylic acids is 2. The molecule has 2 aromatic carbocycles. The molecule has 0 aliphatic rings. The highest BCUT2D eigenvalue weighted by Crippen LogP contribution is 2.06. The molecule has 0 amide bonds. The molecule has 1 heterocycles. The van der Waals surface area contributed by atoms with Gasteiger partial charge in [-0.05, 0) is 17.2 Å². The van der Waals surface area contributed by atoms with Crippen LogP contribution in [0.3, 0.4) is 0 Å². The molecular weight excluding hydrogens is 344 g/mol. The molecule has 6 nitrogen and oxygen atoms in total. The second-order valence-corrected chi connectivity index (χ2v) is 5.74. The van der Waals surface area contributed by atoms with Crippen molar-refractivity contribution >= 4 is 11.9 Å². The Labute approximate surface area is 156 Å². The summed E-state index contributed by atoms with van der Waals surface area (Å²) in [4.78, 5) is 32.2. The van der Waals surface area contributed by atoms with Crippen LogP contribution in [0.1, 0.15) is 27.4 Å². The zero-order chi connectivity index (χ0) is 18.9. The van der Waals surface area contributed by atoms with E-state index in [1.54, 1.807) is 0 Å². The monoisotopic (exact) mass is 362 g/mol. The van der Waals surface area contributed by atoms with Crippen molar-refractivity contribution < 1.29 is 19.1 Å². The molecule has 6 heteroatoms. The predicted molar refractivity (Wildman–Crippen MR) is 97.5 cm³/mol. The van der Waals surface area contributed by atoms with E-state index in [2.05, 4.69) is 9.97 Å². The maximum Gasteiger partial charge on any atom is 0.357 e. The van der Waals surface area contributed by atoms with Crippen LogP contribution in [0.15, 0.2) is 72.9 Å². The van der Waals surface area contributed by atoms with E-state index in [1.807, 2.05) is 60.7 Å². The van der Waals surface area contributed by atoms with Crippen LogP contribution < -0.4 is 0 Å². The van der Waals surface area contributed by atoms with Crippen molar-refractivity contribution in [2.75, 3.05) is 0 Å². The predicted octanol–water partition coefficient (Wildman–Crippen LogP) is 3.12. The molecule has 0 spiro atoms. The van der Waals surface area contributed by atoms with Gasteiger partial charge >= 0.3 is 11.9 Å². The Kier molecular flexibility index (Phi) is 6.25. The first kappa shape index (κ1) is 18.3. The van der Waals surface area contributed by atoms with E-state index in [0.717, 1.165) is 11.1 Å². The zero-order valence-electron chi connectivity index (χ0n) is 14.6. The minimum atomic E-state index is -0.569. The molecule has 0 saturated carbocycles. The molecule has 136 valence electrons. The van der Waals surface area contributed by atoms with Crippen LogP contribution in [0.25, 0.3) is 0 Å². The topological polar surface area (TPSA) is 78.4 Å². The number of esters is 2. The Bertz CT molecular complexity index is 898. The van der Waals surface area contributed by atoms with Gasteiger partial charge in [0.15, 0.2) is 5.69 Å². The summed E-state index contributed by atoms with van der Waals surface area (Å²) in [7, 11) is 0. The van der Waals surface area contributed by atoms with E-state index in [-0.39, 0.29) is 31.2 Å². The molecule has 0 aliphatic carbocycles. The summed E-state index contributed by atoms with van der Waals surface area (Å²) in [5.74, 6) is -0.823. The lowest BCUT2D eigenvalue weighted by molar-refractivity contribution is -0.144. The van der Waals surface area contributed by atoms with Crippen LogP contribution in [0.5, 0.6) is 0 Å². The van der Waals surface area contributed by atoms with Gasteiger partial charge < -0.3 is 9.47 Å². The first-order valence-electron chi connectivity index (χ1n) is 8.43. The number of hydrogen-bond acceptors (Lipinski definition) is 6. The number of hydrogen-bond donors (Lipinski definition) is 0. The van der Waals surface area contributed by atoms with Gasteiger partial charge in [-0.1, -0.05) is 60.7 Å². The van der Waals surface area contributed by atoms with Gasteiger partial charge in [-0.15, -0.1) is 0 Å². The summed E-state index contributed by atoms with van der Waals surface area (Å²) in [6.45, 7) is 0.330. The van der Waals surface area contributed by atoms with Crippen molar-refractivity contribution in [1.29, 1.82) is 0 Å². The third kappa shape index (κ3) is 5.74. The smallest absolute Gasteiger partial charge is 0.357 e. The van der Waals surface area contributed by atoms with Crippen molar-refractivity contribution in [3.63, 3.8) is 0 Å². The van der Waals surface area contributed by atoms with Gasteiger partial charge in [0.25, 0.3) is 0 Å². The summed E-state index contributed by atoms with van der Waals surface area (Å²) in [5, 5.41) is 0. The largest absolute Gasteiger partial charge is 0.460 e. The maximum absolute atomic E-state index is 12.1. The molecule has 0 unspecified atom stereocenters. The van der Waals surface area contributed by atoms with Gasteiger partial charge in [0.05, 0.1) is 0 Å². The van der Waals surface area contributed by atoms with Crippen LogP contribution in [0.2, 0.25) is 0 Å². The molecule has 0 bridgehead atoms. The highest BCUT2D eigenvalue weighted by atomic mass is 16.5. The van der Waals surface area contributed by atoms with Crippen LogP contribution >= 0.6 is 0 Å². The van der Waals surface area contributed by atoms with E-state index in [0.29, 0.717) is 0 Å². The van der Waals surface area contributed by atoms with E-state index < -0.39 is 11.9 Å². The number of ether oxygens (including phenoxy) is 2. The number of aromatic nitrogens is 2. The van der Waals surface area contributed by atoms with Gasteiger partial charge in [-0.25, -0.2) is 14.8 Å². The van der Waals surface area contributed by atoms with E-state index >= 15 is 0 Å². The zero-order valence-corrected chi connectivity index (χ0v) is 14.6. The molecule has 0 fully saturated rings. The lowest BCUT2D eigenvalue weighted by atomic mass is 10.2. The van der Waals surface area contributed by atoms with Crippen molar-refractivity contribution in [2.24, 2.45) is 0 Å². The normalized spacial score (nSPS) is 10.2. The number of nitrogens with zero attached hydrogens (tertiary/aromatic N) is 2. The van der Waals surface area contributed by atoms with Crippen LogP contribution in [0, 0.1) is 0 Å². The molecule has 0 saturated heterocycles. The first-order chi connectivity index (χ1) is 13.2. The lowest BCUT2D eigenvalue weighted by Crippen LogP contribution is -2.14. The summed E-state index contributed by atoms with van der Waals surface area (Å²) in [6, 6.07) is 20.2. The number of benzene rings is 2. The third-order valence-corrected chi connectivity index (χ3v) is 3.67. The van der Waals surface area contributed by atoms with E-state index in [9.17, 15) is 9.59 Å². The minimum absolute atomic E-state index is 0.104. The van der Waals surface area contributed by atoms with E-state index in [4.69, 9.17) is 9.47 Å². The van der Waals surface area contributed by atoms with Crippen LogP contribution in [0.4, 0.5) is 0 Å². The summed E-state index contributed by atoms with van der Waals surface area (Å²) in [5.41, 5.74) is 1.88. The van der Waals surface area contributed by atoms with Crippen LogP contribution in [-0.2, 0) is 33.9 Å². The summed E-state index contributed by atoms with van der Waals surface area (Å²) in [6.07, 6.45) is 1.30. The maximum atomic E-state index is 12.1. The second-order valence-electron chi connectivity index (χ2n) is 5.74. The van der Waals surface area contributed by atoms with Gasteiger partial charge in [0, 0.05) is 6.20 Å². The quantitative estimate of drug-likeness (QED) is 0.601. The second kappa shape index (κ2) is 9.24. The van der Waals surface area contributed by atoms with Crippen molar-refractivity contribution in [2.45, 2.75) is 19.6 Å². The number of rotatable bonds is 7. The van der Waals surface area contributed by atoms with E-state index in [1.165, 1.54) is 12.3 Å². The van der Waals surface area contributed by atoms with Gasteiger partial charge in [-0.2, -0.15) is 0 Å². The highest BCUT2D eigenvalue weighted by Gasteiger charge is 2.13. The standard InChI is InChI=1S/C21H18N2O4/c24-20(26-14-16-7-3-1-4-8-16)13-19-22-12-11-18(23-19)21(25)27-15-17-9-5-2-6-10-17/h1-12H,13-15H2. The SMILES string of the molecule is O=C(Cc1nccc(C(=O)OCc2ccccc2)n1)OCc1ccccc1. The Morgan fingerprint density at radius 2 is 1.37 bits per heavy atom. The molecular formula is C21H18N2O4. The van der Waals surface area contributed by atoms with Crippen LogP contribution in [-0.4, -0.2) is 21.9 Å².